The van der Waals surface area contributed by atoms with Gasteiger partial charge in [-0.1, -0.05) is 61.4 Å². The molecule has 2 aromatic carbocycles. The Labute approximate surface area is 376 Å². The summed E-state index contributed by atoms with van der Waals surface area (Å²) in [6.45, 7) is 1.07. The van der Waals surface area contributed by atoms with Gasteiger partial charge in [-0.25, -0.2) is 0 Å². The van der Waals surface area contributed by atoms with Crippen molar-refractivity contribution < 1.29 is 43.5 Å². The Balaban J connectivity index is 1.51. The fourth-order valence-electron chi connectivity index (χ4n) is 8.22. The molecule has 0 bridgehead atoms. The van der Waals surface area contributed by atoms with Gasteiger partial charge in [0.1, 0.15) is 42.0 Å². The molecule has 0 radical (unpaired) electrons. The molecule has 20 nitrogen and oxygen atoms in total. The van der Waals surface area contributed by atoms with Crippen LogP contribution in [-0.2, 0) is 51.2 Å². The number of nitrogens with two attached hydrogens (primary N) is 3. The van der Waals surface area contributed by atoms with Crippen molar-refractivity contribution in [3.63, 3.8) is 0 Å². The van der Waals surface area contributed by atoms with Crippen LogP contribution < -0.4 is 43.8 Å². The molecule has 0 unspecified atom stereocenters. The zero-order valence-electron chi connectivity index (χ0n) is 36.6. The number of fused-ring (bicyclic) bond motifs is 2. The first-order valence-corrected chi connectivity index (χ1v) is 22.0. The number of carbonyl (C=O) groups excluding carboxylic acids is 8. The fraction of sp³-hybridized carbons (Fsp3) is 0.489. The molecule has 0 aliphatic carbocycles. The normalized spacial score (nSPS) is 24.7. The summed E-state index contributed by atoms with van der Waals surface area (Å²) in [7, 11) is 0. The second-order valence-electron chi connectivity index (χ2n) is 16.7. The predicted octanol–water partition coefficient (Wildman–Crippen LogP) is -0.789. The number of aliphatic imine (C=N–C) groups is 1. The van der Waals surface area contributed by atoms with Crippen molar-refractivity contribution in [3.05, 3.63) is 71.9 Å². The van der Waals surface area contributed by atoms with Gasteiger partial charge in [0.15, 0.2) is 5.96 Å². The summed E-state index contributed by atoms with van der Waals surface area (Å²) in [5.74, 6) is -5.40. The molecule has 20 heteroatoms. The molecule has 3 heterocycles. The summed E-state index contributed by atoms with van der Waals surface area (Å²) in [5, 5.41) is 25.1. The Hall–Kier alpha value is -6.83. The average molecular weight is 900 g/mol. The molecule has 5 rings (SSSR count). The summed E-state index contributed by atoms with van der Waals surface area (Å²) >= 11 is 0. The van der Waals surface area contributed by atoms with Crippen LogP contribution in [0, 0.1) is 0 Å². The summed E-state index contributed by atoms with van der Waals surface area (Å²) in [5.41, 5.74) is 19.0. The van der Waals surface area contributed by atoms with Crippen molar-refractivity contribution in [2.75, 3.05) is 13.1 Å². The Morgan fingerprint density at radius 3 is 2.17 bits per heavy atom. The number of Topliss-reactive ketones (excluding diaryl/α,β-unsaturated/α-hetero) is 1. The van der Waals surface area contributed by atoms with E-state index in [2.05, 4.69) is 36.6 Å². The SMILES string of the molecule is CC(=O)N[C@H]1CCC(=O)CCCCC[C@@H](C(N)=O)NC(=O)[C@H](Cc2c[nH]c3ccccc23)NC(=O)[C@H](CCCN=C(N)N)NC(=O)[C@@H](Cc2ccccc2)NC(=O)[C@@H]2C[C@@H](O)CN2C1=O. The lowest BCUT2D eigenvalue weighted by atomic mass is 10.00. The smallest absolute Gasteiger partial charge is 0.245 e. The number of ketones is 1. The molecule has 0 saturated carbocycles. The minimum Gasteiger partial charge on any atom is -0.391 e. The first-order valence-electron chi connectivity index (χ1n) is 22.0. The van der Waals surface area contributed by atoms with Gasteiger partial charge in [-0.2, -0.15) is 0 Å². The van der Waals surface area contributed by atoms with Gasteiger partial charge in [0.05, 0.1) is 6.10 Å². The lowest BCUT2D eigenvalue weighted by Gasteiger charge is -2.30. The zero-order chi connectivity index (χ0) is 47.0. The van der Waals surface area contributed by atoms with Gasteiger partial charge in [-0.15, -0.1) is 0 Å². The molecule has 1 aromatic heterocycles. The molecule has 7 atom stereocenters. The number of H-pyrrole nitrogens is 1. The van der Waals surface area contributed by atoms with Crippen LogP contribution >= 0.6 is 0 Å². The molecule has 2 saturated heterocycles. The summed E-state index contributed by atoms with van der Waals surface area (Å²) in [6, 6.07) is 8.65. The van der Waals surface area contributed by atoms with Crippen molar-refractivity contribution in [3.8, 4) is 0 Å². The van der Waals surface area contributed by atoms with E-state index in [1.54, 1.807) is 36.5 Å². The van der Waals surface area contributed by atoms with Gasteiger partial charge in [-0.3, -0.25) is 43.3 Å². The number of para-hydroxylation sites is 1. The highest BCUT2D eigenvalue weighted by Crippen LogP contribution is 2.23. The van der Waals surface area contributed by atoms with Crippen LogP contribution in [0.15, 0.2) is 65.8 Å². The van der Waals surface area contributed by atoms with Gasteiger partial charge in [0, 0.05) is 69.2 Å². The molecule has 2 aliphatic heterocycles. The van der Waals surface area contributed by atoms with Crippen LogP contribution in [0.5, 0.6) is 0 Å². The monoisotopic (exact) mass is 899 g/mol. The molecule has 2 fully saturated rings. The number of aromatic amines is 1. The lowest BCUT2D eigenvalue weighted by Crippen LogP contribution is -2.60. The highest BCUT2D eigenvalue weighted by molar-refractivity contribution is 5.98. The number of aliphatic hydroxyl groups is 1. The van der Waals surface area contributed by atoms with Gasteiger partial charge in [0.2, 0.25) is 41.4 Å². The van der Waals surface area contributed by atoms with Crippen molar-refractivity contribution in [2.24, 2.45) is 22.2 Å². The van der Waals surface area contributed by atoms with Crippen LogP contribution in [0.2, 0.25) is 0 Å². The molecule has 65 heavy (non-hydrogen) atoms. The van der Waals surface area contributed by atoms with Crippen molar-refractivity contribution in [1.29, 1.82) is 0 Å². The Bertz CT molecular complexity index is 2210. The highest BCUT2D eigenvalue weighted by Gasteiger charge is 2.43. The number of guanidine groups is 1. The van der Waals surface area contributed by atoms with E-state index < -0.39 is 83.7 Å². The molecular formula is C45H61N11O9. The minimum atomic E-state index is -1.33. The van der Waals surface area contributed by atoms with Crippen LogP contribution in [0.3, 0.4) is 0 Å². The van der Waals surface area contributed by atoms with Crippen LogP contribution in [-0.4, -0.2) is 124 Å². The molecule has 7 amide bonds. The number of carbonyl (C=O) groups is 8. The number of hydrogen-bond acceptors (Lipinski definition) is 10. The average Bonchev–Trinajstić information content (AvgIpc) is 3.87. The Kier molecular flexibility index (Phi) is 18.0. The van der Waals surface area contributed by atoms with Gasteiger partial charge in [0.25, 0.3) is 0 Å². The number of rotatable bonds is 10. The summed E-state index contributed by atoms with van der Waals surface area (Å²) < 4.78 is 0. The predicted molar refractivity (Wildman–Crippen MR) is 240 cm³/mol. The van der Waals surface area contributed by atoms with E-state index in [4.69, 9.17) is 17.2 Å². The second kappa shape index (κ2) is 23.7. The third-order valence-corrected chi connectivity index (χ3v) is 11.6. The highest BCUT2D eigenvalue weighted by atomic mass is 16.3. The van der Waals surface area contributed by atoms with E-state index in [9.17, 15) is 43.5 Å². The number of nitrogens with one attached hydrogen (secondary N) is 6. The van der Waals surface area contributed by atoms with Crippen LogP contribution in [0.1, 0.15) is 82.3 Å². The zero-order valence-corrected chi connectivity index (χ0v) is 36.6. The van der Waals surface area contributed by atoms with E-state index in [0.29, 0.717) is 30.4 Å². The molecule has 2 aliphatic rings. The molecule has 0 spiro atoms. The second-order valence-corrected chi connectivity index (χ2v) is 16.7. The van der Waals surface area contributed by atoms with Crippen molar-refractivity contribution in [2.45, 2.75) is 126 Å². The van der Waals surface area contributed by atoms with E-state index in [-0.39, 0.29) is 82.6 Å². The number of aromatic nitrogens is 1. The van der Waals surface area contributed by atoms with E-state index in [0.717, 1.165) is 15.8 Å². The number of hydrogen-bond donors (Lipinski definition) is 10. The largest absolute Gasteiger partial charge is 0.391 e. The number of primary amides is 1. The summed E-state index contributed by atoms with van der Waals surface area (Å²) in [4.78, 5) is 118. The molecule has 3 aromatic rings. The van der Waals surface area contributed by atoms with Crippen LogP contribution in [0.25, 0.3) is 10.9 Å². The summed E-state index contributed by atoms with van der Waals surface area (Å²) in [6.07, 6.45) is 2.00. The number of amides is 7. The topological polar surface area (TPSA) is 326 Å². The van der Waals surface area contributed by atoms with Gasteiger partial charge in [-0.05, 0) is 49.3 Å². The Morgan fingerprint density at radius 2 is 1.45 bits per heavy atom. The first-order chi connectivity index (χ1) is 31.1. The fourth-order valence-corrected chi connectivity index (χ4v) is 8.22. The van der Waals surface area contributed by atoms with Crippen molar-refractivity contribution >= 4 is 64.0 Å². The van der Waals surface area contributed by atoms with Crippen LogP contribution in [0.4, 0.5) is 0 Å². The van der Waals surface area contributed by atoms with E-state index >= 15 is 0 Å². The molecule has 13 N–H and O–H groups in total. The maximum atomic E-state index is 14.4. The maximum absolute atomic E-state index is 14.4. The van der Waals surface area contributed by atoms with E-state index in [1.165, 1.54) is 6.92 Å². The van der Waals surface area contributed by atoms with Gasteiger partial charge < -0.3 is 58.8 Å². The number of aliphatic hydroxyl groups excluding tert-OH is 1. The minimum absolute atomic E-state index is 0.0180. The maximum Gasteiger partial charge on any atom is 0.245 e. The third kappa shape index (κ3) is 14.6. The van der Waals surface area contributed by atoms with Gasteiger partial charge >= 0.3 is 0 Å². The standard InChI is InChI=1S/C45H61N11O9/c1-26(57)51-35-19-18-29(58)13-6-3-7-16-33(39(46)60)52-42(63)37(22-28-24-50-32-15-9-8-14-31(28)32)54-40(61)34(17-10-20-49-45(47)48)53-41(62)36(21-27-11-4-2-5-12-27)55-43(64)38-23-30(59)25-56(38)44(35)65/h2,4-5,8-9,11-12,14-15,24,30,33-38,50,59H,3,6-7,10,13,16-23,25H2,1H3,(H2,46,60)(H,51,57)(H,52,63)(H,53,62)(H,54,61)(H,55,64)(H4,47,48,49)/t30-,33+,34+,35+,36-,37+,38+/m1/s1. The quantitative estimate of drug-likeness (QED) is 0.0683. The third-order valence-electron chi connectivity index (χ3n) is 11.6. The molecular weight excluding hydrogens is 839 g/mol. The number of nitrogens with zero attached hydrogens (tertiary/aromatic N) is 2. The van der Waals surface area contributed by atoms with E-state index in [1.807, 2.05) is 24.3 Å². The Morgan fingerprint density at radius 1 is 0.785 bits per heavy atom. The number of benzene rings is 2. The van der Waals surface area contributed by atoms with Crippen molar-refractivity contribution in [1.82, 2.24) is 36.5 Å². The first kappa shape index (κ1) is 49.2. The molecule has 350 valence electrons. The lowest BCUT2D eigenvalue weighted by molar-refractivity contribution is -0.142.